The molecule has 0 saturated carbocycles. The average molecular weight is 329 g/mol. The second kappa shape index (κ2) is 6.01. The molecule has 1 aliphatic heterocycles. The van der Waals surface area contributed by atoms with E-state index in [4.69, 9.17) is 5.73 Å². The van der Waals surface area contributed by atoms with E-state index in [1.165, 1.54) is 6.07 Å². The highest BCUT2D eigenvalue weighted by atomic mass is 79.9. The number of halogens is 2. The highest BCUT2D eigenvalue weighted by Gasteiger charge is 2.29. The highest BCUT2D eigenvalue weighted by molar-refractivity contribution is 9.10. The molecule has 5 heteroatoms. The maximum absolute atomic E-state index is 13.5. The highest BCUT2D eigenvalue weighted by Crippen LogP contribution is 2.23. The van der Waals surface area contributed by atoms with Crippen LogP contribution in [0, 0.1) is 5.82 Å². The molecule has 1 aliphatic rings. The van der Waals surface area contributed by atoms with Crippen molar-refractivity contribution in [1.82, 2.24) is 4.90 Å². The van der Waals surface area contributed by atoms with E-state index in [-0.39, 0.29) is 18.0 Å². The van der Waals surface area contributed by atoms with E-state index < -0.39 is 5.82 Å². The van der Waals surface area contributed by atoms with Gasteiger partial charge in [-0.15, -0.1) is 0 Å². The van der Waals surface area contributed by atoms with Gasteiger partial charge in [0, 0.05) is 24.2 Å². The third kappa shape index (κ3) is 3.15. The second-order valence-electron chi connectivity index (χ2n) is 5.05. The topological polar surface area (TPSA) is 46.3 Å². The fourth-order valence-electron chi connectivity index (χ4n) is 2.55. The Morgan fingerprint density at radius 1 is 1.53 bits per heavy atom. The zero-order valence-electron chi connectivity index (χ0n) is 10.9. The molecule has 19 heavy (non-hydrogen) atoms. The van der Waals surface area contributed by atoms with Gasteiger partial charge in [-0.3, -0.25) is 4.79 Å². The SMILES string of the molecule is C[C@@H](N)[C@@H]1CCCCN1C(=O)c1ccc(Br)c(F)c1. The van der Waals surface area contributed by atoms with Crippen LogP contribution < -0.4 is 5.73 Å². The molecule has 1 fully saturated rings. The van der Waals surface area contributed by atoms with Crippen LogP contribution in [0.4, 0.5) is 4.39 Å². The van der Waals surface area contributed by atoms with Gasteiger partial charge in [-0.2, -0.15) is 0 Å². The van der Waals surface area contributed by atoms with Crippen LogP contribution in [0.5, 0.6) is 0 Å². The van der Waals surface area contributed by atoms with Crippen LogP contribution in [-0.4, -0.2) is 29.4 Å². The third-order valence-electron chi connectivity index (χ3n) is 3.58. The second-order valence-corrected chi connectivity index (χ2v) is 5.90. The van der Waals surface area contributed by atoms with Crippen LogP contribution >= 0.6 is 15.9 Å². The molecule has 104 valence electrons. The molecule has 3 nitrogen and oxygen atoms in total. The van der Waals surface area contributed by atoms with Gasteiger partial charge in [-0.05, 0) is 60.3 Å². The maximum atomic E-state index is 13.5. The van der Waals surface area contributed by atoms with Crippen LogP contribution in [-0.2, 0) is 0 Å². The van der Waals surface area contributed by atoms with E-state index >= 15 is 0 Å². The molecule has 1 aromatic carbocycles. The lowest BCUT2D eigenvalue weighted by Crippen LogP contribution is -2.51. The molecular formula is C14H18BrFN2O. The molecule has 1 heterocycles. The summed E-state index contributed by atoms with van der Waals surface area (Å²) in [6, 6.07) is 4.46. The van der Waals surface area contributed by atoms with Gasteiger partial charge in [-0.1, -0.05) is 0 Å². The Balaban J connectivity index is 2.23. The molecule has 1 amide bonds. The van der Waals surface area contributed by atoms with Gasteiger partial charge < -0.3 is 10.6 Å². The van der Waals surface area contributed by atoms with Crippen molar-refractivity contribution in [3.8, 4) is 0 Å². The number of benzene rings is 1. The van der Waals surface area contributed by atoms with Gasteiger partial charge in [0.15, 0.2) is 0 Å². The fourth-order valence-corrected chi connectivity index (χ4v) is 2.80. The smallest absolute Gasteiger partial charge is 0.254 e. The van der Waals surface area contributed by atoms with Crippen molar-refractivity contribution >= 4 is 21.8 Å². The lowest BCUT2D eigenvalue weighted by molar-refractivity contribution is 0.0583. The molecule has 0 unspecified atom stereocenters. The summed E-state index contributed by atoms with van der Waals surface area (Å²) in [4.78, 5) is 14.3. The summed E-state index contributed by atoms with van der Waals surface area (Å²) >= 11 is 3.09. The normalized spacial score (nSPS) is 21.3. The number of nitrogens with zero attached hydrogens (tertiary/aromatic N) is 1. The quantitative estimate of drug-likeness (QED) is 0.907. The lowest BCUT2D eigenvalue weighted by atomic mass is 9.96. The van der Waals surface area contributed by atoms with Gasteiger partial charge in [0.2, 0.25) is 0 Å². The summed E-state index contributed by atoms with van der Waals surface area (Å²) in [6.45, 7) is 2.61. The average Bonchev–Trinajstić information content (AvgIpc) is 2.41. The molecule has 0 radical (unpaired) electrons. The maximum Gasteiger partial charge on any atom is 0.254 e. The Hall–Kier alpha value is -0.940. The number of carbonyl (C=O) groups excluding carboxylic acids is 1. The molecular weight excluding hydrogens is 311 g/mol. The van der Waals surface area contributed by atoms with Crippen LogP contribution in [0.25, 0.3) is 0 Å². The Labute approximate surface area is 121 Å². The van der Waals surface area contributed by atoms with Crippen LogP contribution in [0.3, 0.4) is 0 Å². The third-order valence-corrected chi connectivity index (χ3v) is 4.23. The van der Waals surface area contributed by atoms with E-state index in [9.17, 15) is 9.18 Å². The van der Waals surface area contributed by atoms with Crippen LogP contribution in [0.1, 0.15) is 36.5 Å². The first-order chi connectivity index (χ1) is 9.00. The fraction of sp³-hybridized carbons (Fsp3) is 0.500. The zero-order valence-corrected chi connectivity index (χ0v) is 12.5. The summed E-state index contributed by atoms with van der Waals surface area (Å²) < 4.78 is 13.9. The number of amides is 1. The Kier molecular flexibility index (Phi) is 4.58. The number of likely N-dealkylation sites (tertiary alicyclic amines) is 1. The first-order valence-electron chi connectivity index (χ1n) is 6.52. The van der Waals surface area contributed by atoms with Gasteiger partial charge in [0.1, 0.15) is 5.82 Å². The summed E-state index contributed by atoms with van der Waals surface area (Å²) in [5, 5.41) is 0. The zero-order chi connectivity index (χ0) is 14.0. The minimum Gasteiger partial charge on any atom is -0.334 e. The molecule has 0 spiro atoms. The van der Waals surface area contributed by atoms with Crippen LogP contribution in [0.2, 0.25) is 0 Å². The number of piperidine rings is 1. The first kappa shape index (κ1) is 14.5. The number of hydrogen-bond acceptors (Lipinski definition) is 2. The molecule has 0 bridgehead atoms. The Morgan fingerprint density at radius 2 is 2.26 bits per heavy atom. The minimum absolute atomic E-state index is 0.0490. The van der Waals surface area contributed by atoms with Gasteiger partial charge in [0.05, 0.1) is 4.47 Å². The summed E-state index contributed by atoms with van der Waals surface area (Å²) in [5.74, 6) is -0.548. The number of hydrogen-bond donors (Lipinski definition) is 1. The van der Waals surface area contributed by atoms with Gasteiger partial charge >= 0.3 is 0 Å². The largest absolute Gasteiger partial charge is 0.334 e. The van der Waals surface area contributed by atoms with Crippen molar-refractivity contribution < 1.29 is 9.18 Å². The monoisotopic (exact) mass is 328 g/mol. The van der Waals surface area contributed by atoms with E-state index in [1.54, 1.807) is 17.0 Å². The lowest BCUT2D eigenvalue weighted by Gasteiger charge is -2.38. The van der Waals surface area contributed by atoms with Crippen molar-refractivity contribution in [3.63, 3.8) is 0 Å². The standard InChI is InChI=1S/C14H18BrFN2O/c1-9(17)13-4-2-3-7-18(13)14(19)10-5-6-11(15)12(16)8-10/h5-6,8-9,13H,2-4,7,17H2,1H3/t9-,13+/m1/s1. The number of nitrogens with two attached hydrogens (primary N) is 1. The Morgan fingerprint density at radius 3 is 2.89 bits per heavy atom. The molecule has 0 aromatic heterocycles. The minimum atomic E-state index is -0.416. The van der Waals surface area contributed by atoms with Crippen molar-refractivity contribution in [1.29, 1.82) is 0 Å². The van der Waals surface area contributed by atoms with Crippen molar-refractivity contribution in [2.75, 3.05) is 6.54 Å². The summed E-state index contributed by atoms with van der Waals surface area (Å²) in [7, 11) is 0. The Bertz CT molecular complexity index is 479. The van der Waals surface area contributed by atoms with Crippen LogP contribution in [0.15, 0.2) is 22.7 Å². The molecule has 2 atom stereocenters. The molecule has 2 rings (SSSR count). The van der Waals surface area contributed by atoms with E-state index in [1.807, 2.05) is 6.92 Å². The summed E-state index contributed by atoms with van der Waals surface area (Å²) in [6.07, 6.45) is 2.99. The predicted molar refractivity (Wildman–Crippen MR) is 76.4 cm³/mol. The van der Waals surface area contributed by atoms with Gasteiger partial charge in [-0.25, -0.2) is 4.39 Å². The van der Waals surface area contributed by atoms with Gasteiger partial charge in [0.25, 0.3) is 5.91 Å². The molecule has 2 N–H and O–H groups in total. The van der Waals surface area contributed by atoms with Crippen molar-refractivity contribution in [2.45, 2.75) is 38.3 Å². The van der Waals surface area contributed by atoms with E-state index in [0.29, 0.717) is 16.6 Å². The van der Waals surface area contributed by atoms with E-state index in [0.717, 1.165) is 19.3 Å². The molecule has 1 saturated heterocycles. The molecule has 0 aliphatic carbocycles. The number of carbonyl (C=O) groups is 1. The molecule has 1 aromatic rings. The van der Waals surface area contributed by atoms with Crippen molar-refractivity contribution in [3.05, 3.63) is 34.1 Å². The first-order valence-corrected chi connectivity index (χ1v) is 7.31. The predicted octanol–water partition coefficient (Wildman–Crippen LogP) is 2.93. The summed E-state index contributed by atoms with van der Waals surface area (Å²) in [5.41, 5.74) is 6.33. The number of rotatable bonds is 2. The van der Waals surface area contributed by atoms with Crippen molar-refractivity contribution in [2.24, 2.45) is 5.73 Å². The van der Waals surface area contributed by atoms with E-state index in [2.05, 4.69) is 15.9 Å².